The van der Waals surface area contributed by atoms with Crippen molar-refractivity contribution in [2.75, 3.05) is 0 Å². The average molecular weight is 487 g/mol. The molecule has 4 aromatic carbocycles. The summed E-state index contributed by atoms with van der Waals surface area (Å²) in [6, 6.07) is 31.1. The van der Waals surface area contributed by atoms with E-state index in [2.05, 4.69) is 124 Å². The first-order chi connectivity index (χ1) is 17.3. The molecule has 0 unspecified atom stereocenters. The molecule has 0 saturated carbocycles. The summed E-state index contributed by atoms with van der Waals surface area (Å²) in [6.07, 6.45) is 0. The van der Waals surface area contributed by atoms with Crippen LogP contribution in [0.2, 0.25) is 13.1 Å². The zero-order valence-electron chi connectivity index (χ0n) is 21.9. The number of aryl methyl sites for hydroxylation is 3. The number of pyridine rings is 1. The molecule has 6 rings (SSSR count). The fraction of sp³-hybridized carbons (Fsp3) is 0.182. The lowest BCUT2D eigenvalue weighted by atomic mass is 9.95. The van der Waals surface area contributed by atoms with E-state index in [1.54, 1.807) is 0 Å². The van der Waals surface area contributed by atoms with Gasteiger partial charge in [0.2, 0.25) is 11.2 Å². The molecule has 0 bridgehead atoms. The fourth-order valence-electron chi connectivity index (χ4n) is 5.70. The summed E-state index contributed by atoms with van der Waals surface area (Å²) in [5.41, 5.74) is 9.39. The van der Waals surface area contributed by atoms with Crippen molar-refractivity contribution in [3.8, 4) is 11.3 Å². The number of furan rings is 1. The van der Waals surface area contributed by atoms with Gasteiger partial charge in [0.1, 0.15) is 26.3 Å². The van der Waals surface area contributed by atoms with Gasteiger partial charge in [-0.2, -0.15) is 4.57 Å². The Morgan fingerprint density at radius 1 is 0.667 bits per heavy atom. The number of benzene rings is 4. The van der Waals surface area contributed by atoms with Crippen molar-refractivity contribution in [1.29, 1.82) is 0 Å². The van der Waals surface area contributed by atoms with Gasteiger partial charge in [0.15, 0.2) is 0 Å². The van der Waals surface area contributed by atoms with E-state index in [4.69, 9.17) is 4.42 Å². The summed E-state index contributed by atoms with van der Waals surface area (Å²) >= 11 is 0. The van der Waals surface area contributed by atoms with Gasteiger partial charge in [-0.15, -0.1) is 0 Å². The van der Waals surface area contributed by atoms with Gasteiger partial charge < -0.3 is 4.42 Å². The first-order valence-electron chi connectivity index (χ1n) is 12.7. The van der Waals surface area contributed by atoms with Crippen LogP contribution in [-0.2, 0) is 7.05 Å². The number of rotatable bonds is 3. The zero-order valence-corrected chi connectivity index (χ0v) is 22.9. The van der Waals surface area contributed by atoms with Gasteiger partial charge in [0, 0.05) is 28.3 Å². The van der Waals surface area contributed by atoms with Crippen LogP contribution >= 0.6 is 0 Å². The van der Waals surface area contributed by atoms with Crippen molar-refractivity contribution in [2.45, 2.75) is 33.9 Å². The standard InChI is InChI=1S/C33H32NOSi/c1-21-18-28-26-14-10-11-15-31(26)35-33(28)32(23(21)3)30-19-22(2)27-20-25(16-17-29(27)34(30)4)36(5,6)24-12-8-7-9-13-24/h7-20H,1-6H3/q+1. The molecule has 0 saturated heterocycles. The Bertz CT molecular complexity index is 1790. The molecule has 36 heavy (non-hydrogen) atoms. The van der Waals surface area contributed by atoms with Crippen LogP contribution in [0, 0.1) is 20.8 Å². The molecule has 178 valence electrons. The lowest BCUT2D eigenvalue weighted by Gasteiger charge is -2.24. The minimum absolute atomic E-state index is 0.941. The third-order valence-electron chi connectivity index (χ3n) is 8.16. The molecule has 2 heterocycles. The van der Waals surface area contributed by atoms with Gasteiger partial charge in [-0.1, -0.05) is 78.1 Å². The number of hydrogen-bond donors (Lipinski definition) is 0. The average Bonchev–Trinajstić information content (AvgIpc) is 3.25. The molecule has 6 aromatic rings. The summed E-state index contributed by atoms with van der Waals surface area (Å²) in [5, 5.41) is 6.61. The van der Waals surface area contributed by atoms with Crippen LogP contribution < -0.4 is 14.9 Å². The van der Waals surface area contributed by atoms with Gasteiger partial charge >= 0.3 is 0 Å². The normalized spacial score (nSPS) is 12.2. The molecule has 0 fully saturated rings. The second kappa shape index (κ2) is 8.18. The molecule has 0 radical (unpaired) electrons. The van der Waals surface area contributed by atoms with E-state index in [0.717, 1.165) is 11.2 Å². The van der Waals surface area contributed by atoms with Crippen LogP contribution in [0.5, 0.6) is 0 Å². The Kier molecular flexibility index (Phi) is 5.17. The van der Waals surface area contributed by atoms with Gasteiger partial charge in [0.05, 0.1) is 5.56 Å². The smallest absolute Gasteiger partial charge is 0.217 e. The molecular formula is C33H32NOSi+. The lowest BCUT2D eigenvalue weighted by molar-refractivity contribution is -0.633. The molecule has 0 spiro atoms. The highest BCUT2D eigenvalue weighted by molar-refractivity contribution is 7.00. The second-order valence-electron chi connectivity index (χ2n) is 10.7. The van der Waals surface area contributed by atoms with Crippen molar-refractivity contribution >= 4 is 51.3 Å². The Morgan fingerprint density at radius 3 is 2.17 bits per heavy atom. The predicted octanol–water partition coefficient (Wildman–Crippen LogP) is 6.98. The van der Waals surface area contributed by atoms with E-state index in [1.807, 2.05) is 6.07 Å². The molecule has 2 nitrogen and oxygen atoms in total. The molecule has 0 N–H and O–H groups in total. The van der Waals surface area contributed by atoms with E-state index in [-0.39, 0.29) is 0 Å². The summed E-state index contributed by atoms with van der Waals surface area (Å²) in [6.45, 7) is 11.6. The first kappa shape index (κ1) is 22.8. The van der Waals surface area contributed by atoms with Crippen LogP contribution in [-0.4, -0.2) is 8.07 Å². The maximum atomic E-state index is 6.49. The van der Waals surface area contributed by atoms with Crippen molar-refractivity contribution in [3.05, 3.63) is 102 Å². The fourth-order valence-corrected chi connectivity index (χ4v) is 8.06. The van der Waals surface area contributed by atoms with Gasteiger partial charge in [-0.3, -0.25) is 0 Å². The number of para-hydroxylation sites is 1. The maximum absolute atomic E-state index is 6.49. The maximum Gasteiger partial charge on any atom is 0.217 e. The molecule has 0 aliphatic heterocycles. The number of aromatic nitrogens is 1. The topological polar surface area (TPSA) is 17.0 Å². The largest absolute Gasteiger partial charge is 0.455 e. The third kappa shape index (κ3) is 3.34. The Hall–Kier alpha value is -3.69. The van der Waals surface area contributed by atoms with E-state index in [9.17, 15) is 0 Å². The molecular weight excluding hydrogens is 454 g/mol. The second-order valence-corrected chi connectivity index (χ2v) is 15.1. The quantitative estimate of drug-likeness (QED) is 0.195. The Morgan fingerprint density at radius 2 is 1.39 bits per heavy atom. The van der Waals surface area contributed by atoms with E-state index < -0.39 is 8.07 Å². The molecule has 0 aliphatic carbocycles. The van der Waals surface area contributed by atoms with Crippen LogP contribution in [0.1, 0.15) is 16.7 Å². The van der Waals surface area contributed by atoms with E-state index in [1.165, 1.54) is 60.0 Å². The van der Waals surface area contributed by atoms with Gasteiger partial charge in [0.25, 0.3) is 0 Å². The van der Waals surface area contributed by atoms with Crippen LogP contribution in [0.25, 0.3) is 44.1 Å². The van der Waals surface area contributed by atoms with Crippen LogP contribution in [0.3, 0.4) is 0 Å². The first-order valence-corrected chi connectivity index (χ1v) is 15.7. The monoisotopic (exact) mass is 486 g/mol. The van der Waals surface area contributed by atoms with Crippen LogP contribution in [0.4, 0.5) is 0 Å². The minimum Gasteiger partial charge on any atom is -0.455 e. The highest BCUT2D eigenvalue weighted by Crippen LogP contribution is 2.39. The summed E-state index contributed by atoms with van der Waals surface area (Å²) in [4.78, 5) is 0. The Balaban J connectivity index is 1.60. The van der Waals surface area contributed by atoms with Crippen molar-refractivity contribution in [2.24, 2.45) is 7.05 Å². The van der Waals surface area contributed by atoms with Gasteiger partial charge in [-0.05, 0) is 55.7 Å². The number of fused-ring (bicyclic) bond motifs is 4. The highest BCUT2D eigenvalue weighted by atomic mass is 28.3. The number of nitrogens with zero attached hydrogens (tertiary/aromatic N) is 1. The summed E-state index contributed by atoms with van der Waals surface area (Å²) in [5.74, 6) is 0. The highest BCUT2D eigenvalue weighted by Gasteiger charge is 2.28. The molecule has 0 atom stereocenters. The Labute approximate surface area is 213 Å². The van der Waals surface area contributed by atoms with Gasteiger partial charge in [-0.25, -0.2) is 0 Å². The summed E-state index contributed by atoms with van der Waals surface area (Å²) < 4.78 is 8.83. The predicted molar refractivity (Wildman–Crippen MR) is 155 cm³/mol. The van der Waals surface area contributed by atoms with Crippen molar-refractivity contribution in [1.82, 2.24) is 0 Å². The van der Waals surface area contributed by atoms with Crippen molar-refractivity contribution in [3.63, 3.8) is 0 Å². The molecule has 3 heteroatoms. The lowest BCUT2D eigenvalue weighted by Crippen LogP contribution is -2.52. The van der Waals surface area contributed by atoms with Crippen LogP contribution in [0.15, 0.2) is 89.3 Å². The van der Waals surface area contributed by atoms with Crippen molar-refractivity contribution < 1.29 is 8.98 Å². The van der Waals surface area contributed by atoms with E-state index >= 15 is 0 Å². The molecule has 0 amide bonds. The van der Waals surface area contributed by atoms with E-state index in [0.29, 0.717) is 0 Å². The minimum atomic E-state index is -1.79. The number of hydrogen-bond acceptors (Lipinski definition) is 1. The third-order valence-corrected chi connectivity index (χ3v) is 11.7. The molecule has 0 aliphatic rings. The zero-order chi connectivity index (χ0) is 25.2. The SMILES string of the molecule is Cc1cc2c(oc3ccccc32)c(-c2cc(C)c3cc([Si](C)(C)c4ccccc4)ccc3[n+]2C)c1C. The molecule has 2 aromatic heterocycles. The summed E-state index contributed by atoms with van der Waals surface area (Å²) in [7, 11) is 0.401.